The molecule has 2 saturated heterocycles. The molecule has 4 rings (SSSR count). The quantitative estimate of drug-likeness (QED) is 0.216. The lowest BCUT2D eigenvalue weighted by molar-refractivity contribution is 0.0658. The van der Waals surface area contributed by atoms with Crippen molar-refractivity contribution in [3.8, 4) is 0 Å². The van der Waals surface area contributed by atoms with Gasteiger partial charge in [-0.2, -0.15) is 0 Å². The van der Waals surface area contributed by atoms with Crippen molar-refractivity contribution in [3.05, 3.63) is 71.8 Å². The van der Waals surface area contributed by atoms with Crippen LogP contribution in [0.25, 0.3) is 0 Å². The van der Waals surface area contributed by atoms with E-state index in [0.29, 0.717) is 25.7 Å². The van der Waals surface area contributed by atoms with Gasteiger partial charge in [-0.1, -0.05) is 26.0 Å². The minimum absolute atomic E-state index is 0.119. The number of nitrogens with zero attached hydrogens (tertiary/aromatic N) is 4. The molecule has 0 bridgehead atoms. The molecule has 2 atom stereocenters. The molecular weight excluding hydrogens is 552 g/mol. The Bertz CT molecular complexity index is 1150. The molecular formula is C36H52N4O4. The summed E-state index contributed by atoms with van der Waals surface area (Å²) in [7, 11) is 7.93. The highest BCUT2D eigenvalue weighted by molar-refractivity contribution is 6.04. The number of rotatable bonds is 14. The van der Waals surface area contributed by atoms with E-state index in [2.05, 4.69) is 69.9 Å². The number of morpholine rings is 2. The maximum absolute atomic E-state index is 14.0. The summed E-state index contributed by atoms with van der Waals surface area (Å²) in [4.78, 5) is 36.8. The lowest BCUT2D eigenvalue weighted by atomic mass is 9.80. The first kappa shape index (κ1) is 33.8. The molecule has 2 aliphatic rings. The molecule has 2 aliphatic heterocycles. The number of hydrogen-bond donors (Lipinski definition) is 0. The standard InChI is InChI=1S/C36H52N4O4/c1-7-35(37(3)4,33(41)29-11-15-31(16-12-29)39-21-25-43-26-22-39)19-9-10-20-36(8-2,38(5)6)34(42)30-13-17-32(18-14-30)40-23-27-44-28-24-40/h9-18H,7-8,19-28H2,1-6H3/b10-9+. The van der Waals surface area contributed by atoms with Gasteiger partial charge in [-0.25, -0.2) is 0 Å². The van der Waals surface area contributed by atoms with Crippen LogP contribution in [-0.2, 0) is 9.47 Å². The fraction of sp³-hybridized carbons (Fsp3) is 0.556. The summed E-state index contributed by atoms with van der Waals surface area (Å²) in [6, 6.07) is 16.0. The van der Waals surface area contributed by atoms with E-state index < -0.39 is 11.1 Å². The van der Waals surface area contributed by atoms with Crippen molar-refractivity contribution < 1.29 is 19.1 Å². The minimum atomic E-state index is -0.677. The van der Waals surface area contributed by atoms with Crippen molar-refractivity contribution in [3.63, 3.8) is 0 Å². The van der Waals surface area contributed by atoms with Gasteiger partial charge < -0.3 is 19.3 Å². The average molecular weight is 605 g/mol. The van der Waals surface area contributed by atoms with Gasteiger partial charge in [0.1, 0.15) is 0 Å². The van der Waals surface area contributed by atoms with Gasteiger partial charge in [0.25, 0.3) is 0 Å². The first-order valence-corrected chi connectivity index (χ1v) is 16.1. The Kier molecular flexibility index (Phi) is 11.8. The highest BCUT2D eigenvalue weighted by atomic mass is 16.5. The SMILES string of the molecule is CCC(C/C=C/CC(CC)(C(=O)c1ccc(N2CCOCC2)cc1)N(C)C)(C(=O)c1ccc(N2CCOCC2)cc1)N(C)C. The Hall–Kier alpha value is -3.04. The van der Waals surface area contributed by atoms with Gasteiger partial charge in [0.05, 0.1) is 37.5 Å². The van der Waals surface area contributed by atoms with Crippen LogP contribution in [0.4, 0.5) is 11.4 Å². The Labute approximate surface area is 264 Å². The van der Waals surface area contributed by atoms with E-state index in [1.54, 1.807) is 0 Å². The van der Waals surface area contributed by atoms with E-state index in [1.165, 1.54) is 0 Å². The Balaban J connectivity index is 1.48. The number of carbonyl (C=O) groups excluding carboxylic acids is 2. The Morgan fingerprint density at radius 2 is 0.955 bits per heavy atom. The largest absolute Gasteiger partial charge is 0.378 e. The van der Waals surface area contributed by atoms with Gasteiger partial charge >= 0.3 is 0 Å². The first-order valence-electron chi connectivity index (χ1n) is 16.1. The van der Waals surface area contributed by atoms with E-state index in [4.69, 9.17) is 9.47 Å². The summed E-state index contributed by atoms with van der Waals surface area (Å²) < 4.78 is 11.0. The van der Waals surface area contributed by atoms with Crippen molar-refractivity contribution >= 4 is 22.9 Å². The molecule has 2 heterocycles. The van der Waals surface area contributed by atoms with E-state index in [9.17, 15) is 9.59 Å². The topological polar surface area (TPSA) is 65.6 Å². The molecule has 0 aromatic heterocycles. The van der Waals surface area contributed by atoms with Crippen LogP contribution >= 0.6 is 0 Å². The van der Waals surface area contributed by atoms with Crippen LogP contribution in [0.1, 0.15) is 60.2 Å². The summed E-state index contributed by atoms with van der Waals surface area (Å²) in [6.45, 7) is 10.5. The zero-order chi connectivity index (χ0) is 31.7. The summed E-state index contributed by atoms with van der Waals surface area (Å²) in [5.41, 5.74) is 2.33. The number of likely N-dealkylation sites (N-methyl/N-ethyl adjacent to an activating group) is 2. The smallest absolute Gasteiger partial charge is 0.183 e. The van der Waals surface area contributed by atoms with Gasteiger partial charge in [-0.05, 0) is 102 Å². The zero-order valence-corrected chi connectivity index (χ0v) is 27.7. The normalized spacial score (nSPS) is 18.9. The second-order valence-electron chi connectivity index (χ2n) is 12.4. The molecule has 0 spiro atoms. The molecule has 2 aromatic rings. The molecule has 8 nitrogen and oxygen atoms in total. The van der Waals surface area contributed by atoms with Crippen molar-refractivity contribution in [1.82, 2.24) is 9.80 Å². The van der Waals surface area contributed by atoms with E-state index in [1.807, 2.05) is 52.5 Å². The number of benzene rings is 2. The second kappa shape index (κ2) is 15.3. The molecule has 8 heteroatoms. The molecule has 0 radical (unpaired) electrons. The van der Waals surface area contributed by atoms with Gasteiger partial charge in [0, 0.05) is 48.7 Å². The molecule has 0 amide bonds. The molecule has 2 aromatic carbocycles. The summed E-state index contributed by atoms with van der Waals surface area (Å²) in [5, 5.41) is 0. The predicted molar refractivity (Wildman–Crippen MR) is 179 cm³/mol. The van der Waals surface area contributed by atoms with Gasteiger partial charge in [0.15, 0.2) is 11.6 Å². The number of ketones is 2. The van der Waals surface area contributed by atoms with Crippen molar-refractivity contribution in [2.45, 2.75) is 50.6 Å². The molecule has 44 heavy (non-hydrogen) atoms. The number of ether oxygens (including phenoxy) is 2. The van der Waals surface area contributed by atoms with E-state index >= 15 is 0 Å². The van der Waals surface area contributed by atoms with Crippen molar-refractivity contribution in [1.29, 1.82) is 0 Å². The van der Waals surface area contributed by atoms with Crippen LogP contribution in [0.5, 0.6) is 0 Å². The number of hydrogen-bond acceptors (Lipinski definition) is 8. The molecule has 240 valence electrons. The predicted octanol–water partition coefficient (Wildman–Crippen LogP) is 5.18. The number of Topliss-reactive ketones (excluding diaryl/α,β-unsaturated/α-hetero) is 2. The molecule has 0 N–H and O–H groups in total. The number of anilines is 2. The average Bonchev–Trinajstić information content (AvgIpc) is 3.07. The van der Waals surface area contributed by atoms with Crippen LogP contribution in [0.2, 0.25) is 0 Å². The Morgan fingerprint density at radius 3 is 1.23 bits per heavy atom. The highest BCUT2D eigenvalue weighted by Crippen LogP contribution is 2.31. The zero-order valence-electron chi connectivity index (χ0n) is 27.7. The van der Waals surface area contributed by atoms with Crippen LogP contribution < -0.4 is 9.80 Å². The molecule has 0 saturated carbocycles. The fourth-order valence-electron chi connectivity index (χ4n) is 6.58. The summed E-state index contributed by atoms with van der Waals surface area (Å²) in [6.07, 6.45) is 6.69. The maximum atomic E-state index is 14.0. The van der Waals surface area contributed by atoms with Crippen LogP contribution in [-0.4, -0.2) is 113 Å². The highest BCUT2D eigenvalue weighted by Gasteiger charge is 2.40. The molecule has 2 unspecified atom stereocenters. The summed E-state index contributed by atoms with van der Waals surface area (Å²) in [5.74, 6) is 0.239. The lowest BCUT2D eigenvalue weighted by Crippen LogP contribution is -2.51. The van der Waals surface area contributed by atoms with E-state index in [0.717, 1.165) is 75.1 Å². The molecule has 2 fully saturated rings. The van der Waals surface area contributed by atoms with Crippen molar-refractivity contribution in [2.75, 3.05) is 90.6 Å². The minimum Gasteiger partial charge on any atom is -0.378 e. The van der Waals surface area contributed by atoms with Crippen LogP contribution in [0.15, 0.2) is 60.7 Å². The first-order chi connectivity index (χ1) is 21.2. The van der Waals surface area contributed by atoms with E-state index in [-0.39, 0.29) is 11.6 Å². The van der Waals surface area contributed by atoms with Gasteiger partial charge in [0.2, 0.25) is 0 Å². The third-order valence-corrected chi connectivity index (χ3v) is 9.82. The molecule has 0 aliphatic carbocycles. The summed E-state index contributed by atoms with van der Waals surface area (Å²) >= 11 is 0. The lowest BCUT2D eigenvalue weighted by Gasteiger charge is -2.38. The van der Waals surface area contributed by atoms with Crippen molar-refractivity contribution in [2.24, 2.45) is 0 Å². The Morgan fingerprint density at radius 1 is 0.636 bits per heavy atom. The monoisotopic (exact) mass is 604 g/mol. The van der Waals surface area contributed by atoms with Crippen LogP contribution in [0.3, 0.4) is 0 Å². The third-order valence-electron chi connectivity index (χ3n) is 9.82. The second-order valence-corrected chi connectivity index (χ2v) is 12.4. The van der Waals surface area contributed by atoms with Crippen LogP contribution in [0, 0.1) is 0 Å². The van der Waals surface area contributed by atoms with Gasteiger partial charge in [-0.3, -0.25) is 19.4 Å². The van der Waals surface area contributed by atoms with Gasteiger partial charge in [-0.15, -0.1) is 0 Å². The fourth-order valence-corrected chi connectivity index (χ4v) is 6.58. The number of carbonyl (C=O) groups is 2. The third kappa shape index (κ3) is 7.26. The maximum Gasteiger partial charge on any atom is 0.183 e.